The van der Waals surface area contributed by atoms with Gasteiger partial charge in [0.15, 0.2) is 0 Å². The van der Waals surface area contributed by atoms with Crippen LogP contribution in [-0.4, -0.2) is 15.6 Å². The topological polar surface area (TPSA) is 55.0 Å². The third-order valence-corrected chi connectivity index (χ3v) is 3.52. The van der Waals surface area contributed by atoms with Crippen molar-refractivity contribution in [1.82, 2.24) is 9.97 Å². The van der Waals surface area contributed by atoms with Crippen LogP contribution in [0.4, 0.5) is 0 Å². The van der Waals surface area contributed by atoms with Gasteiger partial charge in [0, 0.05) is 0 Å². The Hall–Kier alpha value is -2.10. The molecule has 1 aromatic heterocycles. The van der Waals surface area contributed by atoms with E-state index in [9.17, 15) is 4.79 Å². The van der Waals surface area contributed by atoms with E-state index in [0.29, 0.717) is 17.3 Å². The summed E-state index contributed by atoms with van der Waals surface area (Å²) in [5, 5.41) is 0. The number of hydrogen-bond donors (Lipinski definition) is 1. The van der Waals surface area contributed by atoms with Crippen molar-refractivity contribution in [3.8, 4) is 5.88 Å². The predicted octanol–water partition coefficient (Wildman–Crippen LogP) is 2.38. The molecule has 4 heteroatoms. The lowest BCUT2D eigenvalue weighted by molar-refractivity contribution is 0.117. The molecule has 0 bridgehead atoms. The van der Waals surface area contributed by atoms with Crippen molar-refractivity contribution in [1.29, 1.82) is 0 Å². The van der Waals surface area contributed by atoms with Crippen LogP contribution in [0, 0.1) is 6.92 Å². The van der Waals surface area contributed by atoms with Crippen molar-refractivity contribution in [3.63, 3.8) is 0 Å². The van der Waals surface area contributed by atoms with Crippen LogP contribution < -0.4 is 10.3 Å². The van der Waals surface area contributed by atoms with E-state index in [2.05, 4.69) is 9.97 Å². The smallest absolute Gasteiger partial charge is 0.258 e. The molecule has 98 valence electrons. The van der Waals surface area contributed by atoms with E-state index in [0.717, 1.165) is 5.56 Å². The number of benzene rings is 1. The number of ether oxygens (including phenoxy) is 1. The third-order valence-electron chi connectivity index (χ3n) is 3.52. The van der Waals surface area contributed by atoms with Gasteiger partial charge in [-0.2, -0.15) is 0 Å². The fourth-order valence-electron chi connectivity index (χ4n) is 2.77. The average Bonchev–Trinajstić information content (AvgIpc) is 2.60. The minimum Gasteiger partial charge on any atom is -0.470 e. The maximum absolute atomic E-state index is 12.2. The molecular weight excluding hydrogens is 240 g/mol. The van der Waals surface area contributed by atoms with Gasteiger partial charge in [0.05, 0.1) is 11.5 Å². The lowest BCUT2D eigenvalue weighted by atomic mass is 9.82. The molecule has 3 rings (SSSR count). The van der Waals surface area contributed by atoms with Crippen molar-refractivity contribution in [2.45, 2.75) is 32.3 Å². The van der Waals surface area contributed by atoms with Crippen molar-refractivity contribution >= 4 is 0 Å². The summed E-state index contributed by atoms with van der Waals surface area (Å²) < 4.78 is 5.89. The molecular formula is C15H16N2O2. The first-order valence-electron chi connectivity index (χ1n) is 6.34. The van der Waals surface area contributed by atoms with Crippen LogP contribution in [-0.2, 0) is 0 Å². The Morgan fingerprint density at radius 1 is 1.26 bits per heavy atom. The zero-order valence-corrected chi connectivity index (χ0v) is 11.2. The Kier molecular flexibility index (Phi) is 2.49. The first-order chi connectivity index (χ1) is 8.99. The normalized spacial score (nSPS) is 19.8. The summed E-state index contributed by atoms with van der Waals surface area (Å²) in [6.45, 7) is 5.73. The molecule has 0 fully saturated rings. The maximum Gasteiger partial charge on any atom is 0.258 e. The van der Waals surface area contributed by atoms with Crippen molar-refractivity contribution in [2.75, 3.05) is 0 Å². The highest BCUT2D eigenvalue weighted by molar-refractivity contribution is 5.44. The van der Waals surface area contributed by atoms with Gasteiger partial charge in [-0.15, -0.1) is 0 Å². The van der Waals surface area contributed by atoms with Crippen LogP contribution in [0.3, 0.4) is 0 Å². The van der Waals surface area contributed by atoms with Crippen LogP contribution in [0.1, 0.15) is 36.7 Å². The minimum atomic E-state index is -0.475. The van der Waals surface area contributed by atoms with Crippen LogP contribution >= 0.6 is 0 Å². The zero-order valence-electron chi connectivity index (χ0n) is 11.2. The van der Waals surface area contributed by atoms with Gasteiger partial charge in [-0.3, -0.25) is 4.79 Å². The van der Waals surface area contributed by atoms with Gasteiger partial charge in [-0.05, 0) is 26.3 Å². The van der Waals surface area contributed by atoms with Crippen molar-refractivity contribution in [2.24, 2.45) is 0 Å². The second-order valence-electron chi connectivity index (χ2n) is 5.42. The van der Waals surface area contributed by atoms with Gasteiger partial charge in [0.1, 0.15) is 11.4 Å². The number of aromatic amines is 1. The number of rotatable bonds is 1. The van der Waals surface area contributed by atoms with E-state index >= 15 is 0 Å². The van der Waals surface area contributed by atoms with E-state index < -0.39 is 5.60 Å². The van der Waals surface area contributed by atoms with Crippen molar-refractivity contribution < 1.29 is 4.74 Å². The van der Waals surface area contributed by atoms with Crippen LogP contribution in [0.25, 0.3) is 0 Å². The van der Waals surface area contributed by atoms with Gasteiger partial charge < -0.3 is 9.72 Å². The first-order valence-corrected chi connectivity index (χ1v) is 6.34. The number of aryl methyl sites for hydroxylation is 1. The molecule has 2 aromatic rings. The molecule has 1 N–H and O–H groups in total. The molecule has 0 spiro atoms. The van der Waals surface area contributed by atoms with Crippen LogP contribution in [0.5, 0.6) is 5.88 Å². The Morgan fingerprint density at radius 2 is 1.95 bits per heavy atom. The molecule has 0 aliphatic carbocycles. The quantitative estimate of drug-likeness (QED) is 0.852. The second-order valence-corrected chi connectivity index (χ2v) is 5.42. The van der Waals surface area contributed by atoms with Crippen molar-refractivity contribution in [3.05, 3.63) is 57.6 Å². The Morgan fingerprint density at radius 3 is 2.63 bits per heavy atom. The highest BCUT2D eigenvalue weighted by Crippen LogP contribution is 2.45. The summed E-state index contributed by atoms with van der Waals surface area (Å²) >= 11 is 0. The van der Waals surface area contributed by atoms with E-state index in [1.165, 1.54) is 0 Å². The van der Waals surface area contributed by atoms with Gasteiger partial charge in [0.2, 0.25) is 5.88 Å². The van der Waals surface area contributed by atoms with Gasteiger partial charge in [-0.25, -0.2) is 4.98 Å². The van der Waals surface area contributed by atoms with E-state index in [1.807, 2.05) is 44.2 Å². The molecule has 0 saturated heterocycles. The SMILES string of the molecule is Cc1nc2c(c(=O)[nH]1)C(c1ccccc1)C(C)(C)O2. The van der Waals surface area contributed by atoms with Gasteiger partial charge in [-0.1, -0.05) is 30.3 Å². The average molecular weight is 256 g/mol. The molecule has 4 nitrogen and oxygen atoms in total. The molecule has 0 saturated carbocycles. The number of aromatic nitrogens is 2. The largest absolute Gasteiger partial charge is 0.470 e. The Labute approximate surface area is 111 Å². The second kappa shape index (κ2) is 3.95. The molecule has 1 unspecified atom stereocenters. The molecule has 2 heterocycles. The van der Waals surface area contributed by atoms with E-state index in [1.54, 1.807) is 6.92 Å². The summed E-state index contributed by atoms with van der Waals surface area (Å²) in [6.07, 6.45) is 0. The standard InChI is InChI=1S/C15H16N2O2/c1-9-16-13(18)11-12(10-7-5-4-6-8-10)15(2,3)19-14(11)17-9/h4-8,12H,1-3H3,(H,16,17,18). The van der Waals surface area contributed by atoms with E-state index in [-0.39, 0.29) is 11.5 Å². The predicted molar refractivity (Wildman–Crippen MR) is 72.6 cm³/mol. The van der Waals surface area contributed by atoms with Crippen LogP contribution in [0.2, 0.25) is 0 Å². The fourth-order valence-corrected chi connectivity index (χ4v) is 2.77. The lowest BCUT2D eigenvalue weighted by Gasteiger charge is -2.25. The summed E-state index contributed by atoms with van der Waals surface area (Å²) in [5.41, 5.74) is 1.11. The fraction of sp³-hybridized carbons (Fsp3) is 0.333. The molecule has 1 atom stereocenters. The van der Waals surface area contributed by atoms with Gasteiger partial charge >= 0.3 is 0 Å². The summed E-state index contributed by atoms with van der Waals surface area (Å²) in [6, 6.07) is 9.94. The monoisotopic (exact) mass is 256 g/mol. The van der Waals surface area contributed by atoms with E-state index in [4.69, 9.17) is 4.74 Å². The molecule has 1 aromatic carbocycles. The number of hydrogen-bond acceptors (Lipinski definition) is 3. The Bertz CT molecular complexity index is 674. The highest BCUT2D eigenvalue weighted by Gasteiger charge is 2.45. The summed E-state index contributed by atoms with van der Waals surface area (Å²) in [4.78, 5) is 19.3. The zero-order chi connectivity index (χ0) is 13.6. The lowest BCUT2D eigenvalue weighted by Crippen LogP contribution is -2.32. The molecule has 19 heavy (non-hydrogen) atoms. The highest BCUT2D eigenvalue weighted by atomic mass is 16.5. The molecule has 0 radical (unpaired) electrons. The molecule has 1 aliphatic rings. The third kappa shape index (κ3) is 1.84. The number of nitrogens with zero attached hydrogens (tertiary/aromatic N) is 1. The molecule has 1 aliphatic heterocycles. The van der Waals surface area contributed by atoms with Gasteiger partial charge in [0.25, 0.3) is 5.56 Å². The van der Waals surface area contributed by atoms with Crippen LogP contribution in [0.15, 0.2) is 35.1 Å². The molecule has 0 amide bonds. The maximum atomic E-state index is 12.2. The number of fused-ring (bicyclic) bond motifs is 1. The Balaban J connectivity index is 2.24. The number of H-pyrrole nitrogens is 1. The first kappa shape index (κ1) is 12.0. The minimum absolute atomic E-state index is 0.0967. The summed E-state index contributed by atoms with van der Waals surface area (Å²) in [5.74, 6) is 0.939. The number of nitrogens with one attached hydrogen (secondary N) is 1. The summed E-state index contributed by atoms with van der Waals surface area (Å²) in [7, 11) is 0.